The van der Waals surface area contributed by atoms with E-state index < -0.39 is 0 Å². The van der Waals surface area contributed by atoms with E-state index in [1.807, 2.05) is 0 Å². The summed E-state index contributed by atoms with van der Waals surface area (Å²) in [6.45, 7) is 5.56. The molecule has 0 spiro atoms. The first-order valence-corrected chi connectivity index (χ1v) is 4.70. The summed E-state index contributed by atoms with van der Waals surface area (Å²) in [4.78, 5) is 12.6. The van der Waals surface area contributed by atoms with E-state index >= 15 is 0 Å². The number of carbonyl (C=O) groups excluding carboxylic acids is 1. The Bertz CT molecular complexity index is 175. The molecule has 0 aromatic carbocycles. The average Bonchev–Trinajstić information content (AvgIpc) is 2.15. The molecule has 0 saturated heterocycles. The van der Waals surface area contributed by atoms with Crippen molar-refractivity contribution < 1.29 is 4.79 Å². The highest BCUT2D eigenvalue weighted by Gasteiger charge is 2.09. The molecule has 1 aliphatic heterocycles. The standard InChI is InChI=1S/C10H17NO/c1-2-11-7-3-5-10(9-11)6-4-8-12/h5,8H,2-4,6-7,9H2,1H3. The highest BCUT2D eigenvalue weighted by atomic mass is 16.1. The normalized spacial score (nSPS) is 18.9. The largest absolute Gasteiger partial charge is 0.303 e. The van der Waals surface area contributed by atoms with Gasteiger partial charge in [0.1, 0.15) is 6.29 Å². The second-order valence-electron chi connectivity index (χ2n) is 3.23. The smallest absolute Gasteiger partial charge is 0.120 e. The molecule has 1 rings (SSSR count). The SMILES string of the molecule is CCN1CCC=C(CCC=O)C1. The van der Waals surface area contributed by atoms with Gasteiger partial charge in [0.15, 0.2) is 0 Å². The van der Waals surface area contributed by atoms with Crippen LogP contribution in [0.5, 0.6) is 0 Å². The van der Waals surface area contributed by atoms with Crippen molar-refractivity contribution in [1.29, 1.82) is 0 Å². The van der Waals surface area contributed by atoms with Gasteiger partial charge >= 0.3 is 0 Å². The fourth-order valence-electron chi connectivity index (χ4n) is 1.58. The molecule has 1 aliphatic rings. The van der Waals surface area contributed by atoms with Gasteiger partial charge in [0.05, 0.1) is 0 Å². The van der Waals surface area contributed by atoms with Gasteiger partial charge in [-0.2, -0.15) is 0 Å². The van der Waals surface area contributed by atoms with Crippen molar-refractivity contribution >= 4 is 6.29 Å². The zero-order chi connectivity index (χ0) is 8.81. The quantitative estimate of drug-likeness (QED) is 0.468. The van der Waals surface area contributed by atoms with Gasteiger partial charge in [0.2, 0.25) is 0 Å². The van der Waals surface area contributed by atoms with Crippen LogP contribution in [0.25, 0.3) is 0 Å². The van der Waals surface area contributed by atoms with E-state index in [0.717, 1.165) is 32.2 Å². The number of nitrogens with zero attached hydrogens (tertiary/aromatic N) is 1. The third-order valence-corrected chi connectivity index (χ3v) is 2.34. The summed E-state index contributed by atoms with van der Waals surface area (Å²) in [6.07, 6.45) is 6.09. The van der Waals surface area contributed by atoms with Gasteiger partial charge in [-0.1, -0.05) is 18.6 Å². The first-order chi connectivity index (χ1) is 5.86. The first kappa shape index (κ1) is 9.46. The second-order valence-corrected chi connectivity index (χ2v) is 3.23. The molecule has 2 heteroatoms. The topological polar surface area (TPSA) is 20.3 Å². The Morgan fingerprint density at radius 1 is 1.67 bits per heavy atom. The molecule has 0 fully saturated rings. The van der Waals surface area contributed by atoms with Gasteiger partial charge < -0.3 is 4.79 Å². The van der Waals surface area contributed by atoms with E-state index in [2.05, 4.69) is 17.9 Å². The van der Waals surface area contributed by atoms with Crippen LogP contribution in [0.1, 0.15) is 26.2 Å². The van der Waals surface area contributed by atoms with Crippen LogP contribution >= 0.6 is 0 Å². The van der Waals surface area contributed by atoms with Gasteiger partial charge in [-0.3, -0.25) is 4.90 Å². The Kier molecular flexibility index (Phi) is 4.01. The Morgan fingerprint density at radius 2 is 2.50 bits per heavy atom. The van der Waals surface area contributed by atoms with Crippen LogP contribution < -0.4 is 0 Å². The van der Waals surface area contributed by atoms with E-state index in [1.165, 1.54) is 12.1 Å². The van der Waals surface area contributed by atoms with Crippen LogP contribution in [-0.2, 0) is 4.79 Å². The molecular formula is C10H17NO. The number of rotatable bonds is 4. The zero-order valence-corrected chi connectivity index (χ0v) is 7.75. The fourth-order valence-corrected chi connectivity index (χ4v) is 1.58. The predicted molar refractivity (Wildman–Crippen MR) is 50.1 cm³/mol. The zero-order valence-electron chi connectivity index (χ0n) is 7.75. The molecule has 0 unspecified atom stereocenters. The van der Waals surface area contributed by atoms with Crippen molar-refractivity contribution in [3.63, 3.8) is 0 Å². The molecule has 1 heterocycles. The van der Waals surface area contributed by atoms with Gasteiger partial charge in [-0.05, 0) is 19.4 Å². The number of likely N-dealkylation sites (N-methyl/N-ethyl adjacent to an activating group) is 1. The molecule has 0 aromatic heterocycles. The monoisotopic (exact) mass is 167 g/mol. The Labute approximate surface area is 74.2 Å². The molecule has 0 atom stereocenters. The molecule has 0 saturated carbocycles. The summed E-state index contributed by atoms with van der Waals surface area (Å²) in [6, 6.07) is 0. The molecule has 0 aliphatic carbocycles. The molecule has 12 heavy (non-hydrogen) atoms. The molecular weight excluding hydrogens is 150 g/mol. The van der Waals surface area contributed by atoms with Gasteiger partial charge in [0, 0.05) is 19.5 Å². The first-order valence-electron chi connectivity index (χ1n) is 4.70. The minimum atomic E-state index is 0.684. The van der Waals surface area contributed by atoms with E-state index in [-0.39, 0.29) is 0 Å². The lowest BCUT2D eigenvalue weighted by molar-refractivity contribution is -0.107. The van der Waals surface area contributed by atoms with E-state index in [9.17, 15) is 4.79 Å². The van der Waals surface area contributed by atoms with Crippen LogP contribution in [0.15, 0.2) is 11.6 Å². The molecule has 0 bridgehead atoms. The molecule has 0 radical (unpaired) electrons. The summed E-state index contributed by atoms with van der Waals surface area (Å²) < 4.78 is 0. The summed E-state index contributed by atoms with van der Waals surface area (Å²) >= 11 is 0. The summed E-state index contributed by atoms with van der Waals surface area (Å²) in [5.41, 5.74) is 1.44. The van der Waals surface area contributed by atoms with Crippen LogP contribution in [0, 0.1) is 0 Å². The van der Waals surface area contributed by atoms with E-state index in [4.69, 9.17) is 0 Å². The van der Waals surface area contributed by atoms with Gasteiger partial charge in [-0.25, -0.2) is 0 Å². The maximum atomic E-state index is 10.2. The second kappa shape index (κ2) is 5.09. The number of carbonyl (C=O) groups is 1. The molecule has 2 nitrogen and oxygen atoms in total. The van der Waals surface area contributed by atoms with Crippen LogP contribution in [-0.4, -0.2) is 30.8 Å². The Morgan fingerprint density at radius 3 is 3.17 bits per heavy atom. The Hall–Kier alpha value is -0.630. The van der Waals surface area contributed by atoms with Crippen molar-refractivity contribution in [3.8, 4) is 0 Å². The number of aldehydes is 1. The van der Waals surface area contributed by atoms with Crippen LogP contribution in [0.3, 0.4) is 0 Å². The van der Waals surface area contributed by atoms with Gasteiger partial charge in [-0.15, -0.1) is 0 Å². The summed E-state index contributed by atoms with van der Waals surface area (Å²) in [5, 5.41) is 0. The maximum Gasteiger partial charge on any atom is 0.120 e. The number of hydrogen-bond acceptors (Lipinski definition) is 2. The van der Waals surface area contributed by atoms with Crippen molar-refractivity contribution in [2.24, 2.45) is 0 Å². The third-order valence-electron chi connectivity index (χ3n) is 2.34. The third kappa shape index (κ3) is 2.78. The molecule has 0 aromatic rings. The van der Waals surface area contributed by atoms with Crippen LogP contribution in [0.4, 0.5) is 0 Å². The highest BCUT2D eigenvalue weighted by Crippen LogP contribution is 2.13. The summed E-state index contributed by atoms with van der Waals surface area (Å²) in [5.74, 6) is 0. The predicted octanol–water partition coefficient (Wildman–Crippen LogP) is 1.62. The minimum Gasteiger partial charge on any atom is -0.303 e. The molecule has 68 valence electrons. The highest BCUT2D eigenvalue weighted by molar-refractivity contribution is 5.49. The molecule has 0 N–H and O–H groups in total. The molecule has 0 amide bonds. The average molecular weight is 167 g/mol. The van der Waals surface area contributed by atoms with Crippen molar-refractivity contribution in [2.45, 2.75) is 26.2 Å². The maximum absolute atomic E-state index is 10.2. The lowest BCUT2D eigenvalue weighted by Crippen LogP contribution is -2.29. The Balaban J connectivity index is 2.33. The van der Waals surface area contributed by atoms with Crippen molar-refractivity contribution in [1.82, 2.24) is 4.90 Å². The van der Waals surface area contributed by atoms with E-state index in [1.54, 1.807) is 0 Å². The van der Waals surface area contributed by atoms with Crippen molar-refractivity contribution in [3.05, 3.63) is 11.6 Å². The number of hydrogen-bond donors (Lipinski definition) is 0. The van der Waals surface area contributed by atoms with Gasteiger partial charge in [0.25, 0.3) is 0 Å². The van der Waals surface area contributed by atoms with Crippen LogP contribution in [0.2, 0.25) is 0 Å². The van der Waals surface area contributed by atoms with Crippen molar-refractivity contribution in [2.75, 3.05) is 19.6 Å². The fraction of sp³-hybridized carbons (Fsp3) is 0.700. The van der Waals surface area contributed by atoms with E-state index in [0.29, 0.717) is 6.42 Å². The lowest BCUT2D eigenvalue weighted by Gasteiger charge is -2.25. The minimum absolute atomic E-state index is 0.684. The lowest BCUT2D eigenvalue weighted by atomic mass is 10.1. The summed E-state index contributed by atoms with van der Waals surface area (Å²) in [7, 11) is 0.